The van der Waals surface area contributed by atoms with Crippen molar-refractivity contribution in [2.75, 3.05) is 10.2 Å². The quantitative estimate of drug-likeness (QED) is 0.229. The zero-order chi connectivity index (χ0) is 28.1. The molecule has 0 unspecified atom stereocenters. The molecule has 1 aliphatic heterocycles. The van der Waals surface area contributed by atoms with Crippen LogP contribution in [0.25, 0.3) is 10.8 Å². The van der Waals surface area contributed by atoms with Crippen molar-refractivity contribution in [3.05, 3.63) is 139 Å². The average Bonchev–Trinajstić information content (AvgIpc) is 3.43. The van der Waals surface area contributed by atoms with Crippen LogP contribution in [0, 0.1) is 0 Å². The second-order valence-electron chi connectivity index (χ2n) is 9.53. The molecular weight excluding hydrogens is 520 g/mol. The smallest absolute Gasteiger partial charge is 0.282 e. The highest BCUT2D eigenvalue weighted by atomic mass is 32.2. The number of fused-ring (bicyclic) bond motifs is 1. The van der Waals surface area contributed by atoms with Crippen LogP contribution in [0.3, 0.4) is 0 Å². The first kappa shape index (κ1) is 26.9. The van der Waals surface area contributed by atoms with Gasteiger partial charge in [-0.25, -0.2) is 0 Å². The summed E-state index contributed by atoms with van der Waals surface area (Å²) >= 11 is 0. The van der Waals surface area contributed by atoms with E-state index in [2.05, 4.69) is 5.43 Å². The average molecular weight is 551 g/mol. The van der Waals surface area contributed by atoms with Crippen LogP contribution in [-0.4, -0.2) is 18.8 Å². The summed E-state index contributed by atoms with van der Waals surface area (Å²) in [5.41, 5.74) is 7.09. The van der Waals surface area contributed by atoms with Crippen LogP contribution in [0.15, 0.2) is 137 Å². The van der Waals surface area contributed by atoms with Gasteiger partial charge in [0.25, 0.3) is 10.1 Å². The second kappa shape index (κ2) is 11.6. The van der Waals surface area contributed by atoms with Crippen molar-refractivity contribution in [2.45, 2.75) is 24.7 Å². The third-order valence-electron chi connectivity index (χ3n) is 6.42. The normalized spacial score (nSPS) is 13.1. The van der Waals surface area contributed by atoms with Gasteiger partial charge in [-0.3, -0.25) is 9.98 Å². The molecule has 7 nitrogen and oxygen atoms in total. The first-order valence-electron chi connectivity index (χ1n) is 12.9. The fraction of sp³-hybridized carbons (Fsp3) is 0.0938. The molecule has 5 aromatic rings. The predicted octanol–water partition coefficient (Wildman–Crippen LogP) is 7.00. The van der Waals surface area contributed by atoms with Gasteiger partial charge in [0.1, 0.15) is 4.90 Å². The van der Waals surface area contributed by atoms with Crippen LogP contribution in [0.1, 0.15) is 30.9 Å². The van der Waals surface area contributed by atoms with Crippen LogP contribution in [0.4, 0.5) is 11.4 Å². The molecule has 0 spiro atoms. The number of nitrogens with one attached hydrogen (secondary N) is 1. The Hall–Kier alpha value is -4.66. The third-order valence-corrected chi connectivity index (χ3v) is 7.39. The maximum atomic E-state index is 11.5. The Balaban J connectivity index is 0.000000170. The fourth-order valence-corrected chi connectivity index (χ4v) is 5.57. The zero-order valence-corrected chi connectivity index (χ0v) is 23.0. The molecule has 0 bridgehead atoms. The van der Waals surface area contributed by atoms with E-state index in [1.807, 2.05) is 133 Å². The fourth-order valence-electron chi connectivity index (χ4n) is 4.51. The van der Waals surface area contributed by atoms with Crippen molar-refractivity contribution >= 4 is 38.1 Å². The lowest BCUT2D eigenvalue weighted by Crippen LogP contribution is -2.44. The number of hydrogen-bond acceptors (Lipinski definition) is 6. The number of nitrogens with zero attached hydrogens (tertiary/aromatic N) is 3. The molecule has 0 fully saturated rings. The molecular formula is C32H30N4O3S. The van der Waals surface area contributed by atoms with Crippen LogP contribution in [0.5, 0.6) is 0 Å². The van der Waals surface area contributed by atoms with Crippen LogP contribution < -0.4 is 15.7 Å². The van der Waals surface area contributed by atoms with Crippen LogP contribution in [-0.2, 0) is 10.1 Å². The Morgan fingerprint density at radius 2 is 1.25 bits per heavy atom. The van der Waals surface area contributed by atoms with Gasteiger partial charge in [0, 0.05) is 10.9 Å². The molecule has 1 aliphatic rings. The molecule has 5 aromatic carbocycles. The van der Waals surface area contributed by atoms with E-state index in [9.17, 15) is 13.0 Å². The van der Waals surface area contributed by atoms with Crippen molar-refractivity contribution in [1.29, 1.82) is 0 Å². The number of para-hydroxylation sites is 2. The van der Waals surface area contributed by atoms with Gasteiger partial charge >= 0.3 is 0 Å². The van der Waals surface area contributed by atoms with Gasteiger partial charge in [0.15, 0.2) is 5.84 Å². The van der Waals surface area contributed by atoms with E-state index in [0.29, 0.717) is 10.9 Å². The van der Waals surface area contributed by atoms with E-state index < -0.39 is 10.1 Å². The van der Waals surface area contributed by atoms with E-state index in [0.717, 1.165) is 28.2 Å². The van der Waals surface area contributed by atoms with Gasteiger partial charge in [0.2, 0.25) is 0 Å². The molecule has 6 rings (SSSR count). The molecule has 0 aliphatic carbocycles. The predicted molar refractivity (Wildman–Crippen MR) is 162 cm³/mol. The van der Waals surface area contributed by atoms with Gasteiger partial charge in [-0.1, -0.05) is 117 Å². The maximum absolute atomic E-state index is 11.5. The third kappa shape index (κ3) is 5.83. The van der Waals surface area contributed by atoms with Crippen molar-refractivity contribution < 1.29 is 13.0 Å². The summed E-state index contributed by atoms with van der Waals surface area (Å²) in [6.45, 7) is 3.80. The van der Waals surface area contributed by atoms with Crippen LogP contribution in [0.2, 0.25) is 0 Å². The summed E-state index contributed by atoms with van der Waals surface area (Å²) in [5.74, 6) is 0.856. The van der Waals surface area contributed by atoms with Crippen molar-refractivity contribution in [2.24, 2.45) is 5.10 Å². The lowest BCUT2D eigenvalue weighted by molar-refractivity contribution is 0.482. The van der Waals surface area contributed by atoms with E-state index in [-0.39, 0.29) is 10.8 Å². The van der Waals surface area contributed by atoms with E-state index >= 15 is 0 Å². The highest BCUT2D eigenvalue weighted by Gasteiger charge is 2.26. The molecule has 0 amide bonds. The molecule has 1 heterocycles. The number of hydrogen-bond donors (Lipinski definition) is 2. The number of benzene rings is 5. The zero-order valence-electron chi connectivity index (χ0n) is 22.2. The monoisotopic (exact) mass is 550 g/mol. The summed E-state index contributed by atoms with van der Waals surface area (Å²) < 4.78 is 32.4. The topological polar surface area (TPSA) is 85.2 Å². The Morgan fingerprint density at radius 3 is 1.85 bits per heavy atom. The molecule has 0 aromatic heterocycles. The minimum absolute atomic E-state index is 0.0330. The molecule has 0 atom stereocenters. The second-order valence-corrected chi connectivity index (χ2v) is 10.9. The Labute approximate surface area is 234 Å². The highest BCUT2D eigenvalue weighted by Crippen LogP contribution is 2.31. The molecule has 40 heavy (non-hydrogen) atoms. The first-order chi connectivity index (χ1) is 19.3. The van der Waals surface area contributed by atoms with Crippen LogP contribution >= 0.6 is 0 Å². The summed E-state index contributed by atoms with van der Waals surface area (Å²) in [6.07, 6.45) is 0. The van der Waals surface area contributed by atoms with Crippen molar-refractivity contribution in [3.8, 4) is 0 Å². The summed E-state index contributed by atoms with van der Waals surface area (Å²) in [5, 5.41) is 9.95. The van der Waals surface area contributed by atoms with E-state index in [1.165, 1.54) is 0 Å². The SMILES string of the molecule is CC(C)c1ccc2ccccc2c1S(=O)(=O)O.c1ccc(C2=NN(c3ccccc3)N(c3ccccc3)N2)cc1. The summed E-state index contributed by atoms with van der Waals surface area (Å²) in [6, 6.07) is 41.1. The molecule has 0 radical (unpaired) electrons. The number of hydrazone groups is 1. The number of amidine groups is 1. The Morgan fingerprint density at radius 1 is 0.700 bits per heavy atom. The molecule has 2 N–H and O–H groups in total. The molecule has 0 saturated heterocycles. The summed E-state index contributed by atoms with van der Waals surface area (Å²) in [7, 11) is -4.21. The minimum Gasteiger partial charge on any atom is -0.282 e. The lowest BCUT2D eigenvalue weighted by atomic mass is 9.99. The highest BCUT2D eigenvalue weighted by molar-refractivity contribution is 7.86. The molecule has 202 valence electrons. The van der Waals surface area contributed by atoms with Crippen molar-refractivity contribution in [1.82, 2.24) is 5.43 Å². The minimum atomic E-state index is -4.21. The largest absolute Gasteiger partial charge is 0.295 e. The van der Waals surface area contributed by atoms with Gasteiger partial charge in [-0.2, -0.15) is 18.7 Å². The van der Waals surface area contributed by atoms with Gasteiger partial charge in [-0.05, 0) is 41.1 Å². The number of hydrazine groups is 2. The number of rotatable bonds is 5. The number of anilines is 2. The summed E-state index contributed by atoms with van der Waals surface area (Å²) in [4.78, 5) is 0.0330. The van der Waals surface area contributed by atoms with E-state index in [4.69, 9.17) is 5.10 Å². The van der Waals surface area contributed by atoms with E-state index in [1.54, 1.807) is 18.2 Å². The first-order valence-corrected chi connectivity index (χ1v) is 14.4. The van der Waals surface area contributed by atoms with Gasteiger partial charge in [-0.15, -0.1) is 5.10 Å². The van der Waals surface area contributed by atoms with Gasteiger partial charge in [0.05, 0.1) is 11.4 Å². The van der Waals surface area contributed by atoms with Gasteiger partial charge < -0.3 is 0 Å². The molecule has 0 saturated carbocycles. The standard InChI is InChI=1S/C19H16N4.C13H14O3S/c1-4-10-16(11-5-1)19-20-22(17-12-6-2-7-13-17)23(21-19)18-14-8-3-9-15-18;1-9(2)11-8-7-10-5-3-4-6-12(10)13(11)17(14,15)16/h1-15H,(H,20,21);3-9H,1-2H3,(H,14,15,16). The Kier molecular flexibility index (Phi) is 7.82. The maximum Gasteiger partial charge on any atom is 0.295 e. The Bertz CT molecular complexity index is 1730. The molecule has 8 heteroatoms. The van der Waals surface area contributed by atoms with Crippen molar-refractivity contribution in [3.63, 3.8) is 0 Å². The lowest BCUT2D eigenvalue weighted by Gasteiger charge is -2.27.